The summed E-state index contributed by atoms with van der Waals surface area (Å²) in [5.41, 5.74) is 2.74. The smallest absolute Gasteiger partial charge is 0.135 e. The summed E-state index contributed by atoms with van der Waals surface area (Å²) in [6.07, 6.45) is 5.54. The van der Waals surface area contributed by atoms with Gasteiger partial charge in [0, 0.05) is 12.1 Å². The predicted octanol–water partition coefficient (Wildman–Crippen LogP) is 3.43. The van der Waals surface area contributed by atoms with Gasteiger partial charge in [-0.2, -0.15) is 0 Å². The lowest BCUT2D eigenvalue weighted by molar-refractivity contribution is -0.125. The predicted molar refractivity (Wildman–Crippen MR) is 82.1 cm³/mol. The van der Waals surface area contributed by atoms with Crippen molar-refractivity contribution in [3.63, 3.8) is 0 Å². The Kier molecular flexibility index (Phi) is 5.14. The Balaban J connectivity index is 1.95. The highest BCUT2D eigenvalue weighted by Crippen LogP contribution is 2.39. The SMILES string of the molecule is CC(=O)C(C)C(CC(C)C)OCC1=C(C2CC2)CN=C1. The minimum absolute atomic E-state index is 0.0226. The molecule has 0 aromatic rings. The van der Waals surface area contributed by atoms with Gasteiger partial charge in [0.05, 0.1) is 19.3 Å². The number of carbonyl (C=O) groups excluding carboxylic acids is 1. The average Bonchev–Trinajstić information content (AvgIpc) is 3.12. The molecule has 2 atom stereocenters. The standard InChI is InChI=1S/C17H27NO2/c1-11(2)7-17(12(3)13(4)19)20-10-15-8-18-9-16(15)14-5-6-14/h8,11-12,14,17H,5-7,9-10H2,1-4H3. The van der Waals surface area contributed by atoms with Crippen molar-refractivity contribution in [2.75, 3.05) is 13.2 Å². The number of Topliss-reactive ketones (excluding diaryl/α,β-unsaturated/α-hetero) is 1. The maximum atomic E-state index is 11.6. The quantitative estimate of drug-likeness (QED) is 0.681. The number of hydrogen-bond acceptors (Lipinski definition) is 3. The van der Waals surface area contributed by atoms with Gasteiger partial charge in [-0.25, -0.2) is 0 Å². The lowest BCUT2D eigenvalue weighted by Crippen LogP contribution is -2.29. The molecule has 1 aliphatic heterocycles. The molecular formula is C17H27NO2. The van der Waals surface area contributed by atoms with Gasteiger partial charge in [0.1, 0.15) is 5.78 Å². The van der Waals surface area contributed by atoms with Crippen LogP contribution in [0, 0.1) is 17.8 Å². The number of nitrogens with zero attached hydrogens (tertiary/aromatic N) is 1. The lowest BCUT2D eigenvalue weighted by Gasteiger charge is -2.24. The molecule has 0 aromatic carbocycles. The number of rotatable bonds is 8. The van der Waals surface area contributed by atoms with E-state index in [1.54, 1.807) is 6.92 Å². The molecule has 3 heteroatoms. The van der Waals surface area contributed by atoms with E-state index in [9.17, 15) is 4.79 Å². The molecule has 2 rings (SSSR count). The van der Waals surface area contributed by atoms with Crippen LogP contribution in [0.2, 0.25) is 0 Å². The van der Waals surface area contributed by atoms with Crippen LogP contribution in [-0.2, 0) is 9.53 Å². The number of ketones is 1. The molecule has 0 N–H and O–H groups in total. The van der Waals surface area contributed by atoms with Gasteiger partial charge in [-0.1, -0.05) is 20.8 Å². The molecule has 0 radical (unpaired) electrons. The Labute approximate surface area is 122 Å². The largest absolute Gasteiger partial charge is 0.373 e. The van der Waals surface area contributed by atoms with Crippen molar-refractivity contribution in [1.29, 1.82) is 0 Å². The highest BCUT2D eigenvalue weighted by Gasteiger charge is 2.30. The summed E-state index contributed by atoms with van der Waals surface area (Å²) in [6.45, 7) is 9.47. The first-order valence-corrected chi connectivity index (χ1v) is 7.82. The zero-order valence-corrected chi connectivity index (χ0v) is 13.2. The zero-order valence-electron chi connectivity index (χ0n) is 13.2. The molecule has 1 fully saturated rings. The second-order valence-electron chi connectivity index (χ2n) is 6.67. The summed E-state index contributed by atoms with van der Waals surface area (Å²) >= 11 is 0. The molecule has 0 saturated heterocycles. The van der Waals surface area contributed by atoms with Gasteiger partial charge < -0.3 is 4.74 Å². The van der Waals surface area contributed by atoms with E-state index in [1.165, 1.54) is 24.0 Å². The van der Waals surface area contributed by atoms with Crippen LogP contribution >= 0.6 is 0 Å². The molecule has 0 aromatic heterocycles. The van der Waals surface area contributed by atoms with Crippen LogP contribution in [0.4, 0.5) is 0 Å². The van der Waals surface area contributed by atoms with Crippen LogP contribution in [-0.4, -0.2) is 31.3 Å². The normalized spacial score (nSPS) is 21.6. The van der Waals surface area contributed by atoms with Gasteiger partial charge in [0.2, 0.25) is 0 Å². The van der Waals surface area contributed by atoms with Crippen molar-refractivity contribution < 1.29 is 9.53 Å². The van der Waals surface area contributed by atoms with Crippen LogP contribution in [0.3, 0.4) is 0 Å². The Morgan fingerprint density at radius 2 is 2.10 bits per heavy atom. The summed E-state index contributed by atoms with van der Waals surface area (Å²) in [4.78, 5) is 16.0. The molecule has 3 nitrogen and oxygen atoms in total. The summed E-state index contributed by atoms with van der Waals surface area (Å²) < 4.78 is 6.10. The summed E-state index contributed by atoms with van der Waals surface area (Å²) in [6, 6.07) is 0. The fourth-order valence-corrected chi connectivity index (χ4v) is 2.73. The number of ether oxygens (including phenoxy) is 1. The molecule has 1 saturated carbocycles. The van der Waals surface area contributed by atoms with Crippen molar-refractivity contribution in [1.82, 2.24) is 0 Å². The Morgan fingerprint density at radius 1 is 1.40 bits per heavy atom. The molecule has 1 aliphatic carbocycles. The molecule has 112 valence electrons. The minimum Gasteiger partial charge on any atom is -0.373 e. The van der Waals surface area contributed by atoms with Crippen molar-refractivity contribution in [3.8, 4) is 0 Å². The first kappa shape index (κ1) is 15.4. The number of carbonyl (C=O) groups is 1. The van der Waals surface area contributed by atoms with Gasteiger partial charge in [-0.15, -0.1) is 0 Å². The third kappa shape index (κ3) is 4.02. The maximum Gasteiger partial charge on any atom is 0.135 e. The Hall–Kier alpha value is -0.960. The molecule has 1 heterocycles. The third-order valence-electron chi connectivity index (χ3n) is 4.35. The van der Waals surface area contributed by atoms with E-state index in [0.29, 0.717) is 12.5 Å². The van der Waals surface area contributed by atoms with E-state index in [2.05, 4.69) is 18.8 Å². The van der Waals surface area contributed by atoms with E-state index in [4.69, 9.17) is 4.74 Å². The van der Waals surface area contributed by atoms with Crippen molar-refractivity contribution >= 4 is 12.0 Å². The molecule has 2 unspecified atom stereocenters. The summed E-state index contributed by atoms with van der Waals surface area (Å²) in [5.74, 6) is 1.48. The number of aliphatic imine (C=N–C) groups is 1. The van der Waals surface area contributed by atoms with Crippen LogP contribution in [0.5, 0.6) is 0 Å². The summed E-state index contributed by atoms with van der Waals surface area (Å²) in [5, 5.41) is 0. The molecular weight excluding hydrogens is 250 g/mol. The lowest BCUT2D eigenvalue weighted by atomic mass is 9.93. The average molecular weight is 277 g/mol. The second kappa shape index (κ2) is 6.66. The van der Waals surface area contributed by atoms with Crippen LogP contribution < -0.4 is 0 Å². The molecule has 2 aliphatic rings. The summed E-state index contributed by atoms with van der Waals surface area (Å²) in [7, 11) is 0. The highest BCUT2D eigenvalue weighted by molar-refractivity contribution is 5.83. The van der Waals surface area contributed by atoms with Gasteiger partial charge >= 0.3 is 0 Å². The molecule has 0 amide bonds. The molecule has 0 spiro atoms. The highest BCUT2D eigenvalue weighted by atomic mass is 16.5. The third-order valence-corrected chi connectivity index (χ3v) is 4.35. The minimum atomic E-state index is -0.0271. The Bertz CT molecular complexity index is 419. The van der Waals surface area contributed by atoms with E-state index in [-0.39, 0.29) is 17.8 Å². The first-order chi connectivity index (χ1) is 9.49. The fraction of sp³-hybridized carbons (Fsp3) is 0.765. The Morgan fingerprint density at radius 3 is 2.65 bits per heavy atom. The second-order valence-corrected chi connectivity index (χ2v) is 6.67. The van der Waals surface area contributed by atoms with E-state index >= 15 is 0 Å². The van der Waals surface area contributed by atoms with Gasteiger partial charge in [-0.05, 0) is 49.2 Å². The van der Waals surface area contributed by atoms with Gasteiger partial charge in [0.15, 0.2) is 0 Å². The monoisotopic (exact) mass is 277 g/mol. The molecule has 20 heavy (non-hydrogen) atoms. The van der Waals surface area contributed by atoms with Crippen molar-refractivity contribution in [2.24, 2.45) is 22.7 Å². The van der Waals surface area contributed by atoms with Crippen LogP contribution in [0.15, 0.2) is 16.1 Å². The van der Waals surface area contributed by atoms with Crippen LogP contribution in [0.1, 0.15) is 47.0 Å². The fourth-order valence-electron chi connectivity index (χ4n) is 2.73. The van der Waals surface area contributed by atoms with Gasteiger partial charge in [0.25, 0.3) is 0 Å². The maximum absolute atomic E-state index is 11.6. The first-order valence-electron chi connectivity index (χ1n) is 7.82. The van der Waals surface area contributed by atoms with Crippen molar-refractivity contribution in [2.45, 2.75) is 53.1 Å². The van der Waals surface area contributed by atoms with Gasteiger partial charge in [-0.3, -0.25) is 9.79 Å². The van der Waals surface area contributed by atoms with E-state index in [0.717, 1.165) is 18.9 Å². The van der Waals surface area contributed by atoms with E-state index < -0.39 is 0 Å². The van der Waals surface area contributed by atoms with Crippen LogP contribution in [0.25, 0.3) is 0 Å². The van der Waals surface area contributed by atoms with Crippen molar-refractivity contribution in [3.05, 3.63) is 11.1 Å². The zero-order chi connectivity index (χ0) is 14.7. The van der Waals surface area contributed by atoms with E-state index in [1.807, 2.05) is 13.1 Å². The molecule has 0 bridgehead atoms. The number of hydrogen-bond donors (Lipinski definition) is 0. The topological polar surface area (TPSA) is 38.7 Å².